The van der Waals surface area contributed by atoms with Crippen LogP contribution in [0.2, 0.25) is 0 Å². The van der Waals surface area contributed by atoms with E-state index in [-0.39, 0.29) is 26.5 Å². The molecule has 1 aliphatic carbocycles. The highest BCUT2D eigenvalue weighted by Crippen LogP contribution is 2.20. The van der Waals surface area contributed by atoms with Crippen LogP contribution in [0.25, 0.3) is 0 Å². The summed E-state index contributed by atoms with van der Waals surface area (Å²) in [5.41, 5.74) is 0.700. The Bertz CT molecular complexity index is 1080. The van der Waals surface area contributed by atoms with Crippen molar-refractivity contribution < 1.29 is 13.2 Å². The fraction of sp³-hybridized carbons (Fsp3) is 0. The van der Waals surface area contributed by atoms with Crippen molar-refractivity contribution in [2.75, 3.05) is 0 Å². The Morgan fingerprint density at radius 1 is 0.815 bits per heavy atom. The van der Waals surface area contributed by atoms with Crippen LogP contribution in [0.15, 0.2) is 97.2 Å². The van der Waals surface area contributed by atoms with Gasteiger partial charge < -0.3 is 0 Å². The number of benzene rings is 2. The zero-order valence-electron chi connectivity index (χ0n) is 13.7. The van der Waals surface area contributed by atoms with Crippen molar-refractivity contribution in [3.05, 3.63) is 88.4 Å². The molecule has 0 N–H and O–H groups in total. The summed E-state index contributed by atoms with van der Waals surface area (Å²) in [7, 11) is -3.99. The fourth-order valence-electron chi connectivity index (χ4n) is 2.22. The highest BCUT2D eigenvalue weighted by atomic mass is 35.5. The Balaban J connectivity index is 2.14. The maximum Gasteiger partial charge on any atom is 0.284 e. The van der Waals surface area contributed by atoms with Gasteiger partial charge in [0.15, 0.2) is 5.84 Å². The van der Waals surface area contributed by atoms with Crippen LogP contribution in [0.5, 0.6) is 0 Å². The minimum atomic E-state index is -3.99. The second kappa shape index (κ2) is 8.00. The molecule has 2 aromatic carbocycles. The third-order valence-corrected chi connectivity index (χ3v) is 5.34. The molecule has 136 valence electrons. The molecule has 0 atom stereocenters. The van der Waals surface area contributed by atoms with Crippen LogP contribution in [0.3, 0.4) is 0 Å². The summed E-state index contributed by atoms with van der Waals surface area (Å²) in [5, 5.41) is -0.223. The third kappa shape index (κ3) is 4.60. The number of ketones is 1. The first kappa shape index (κ1) is 19.2. The molecule has 0 heterocycles. The molecule has 0 radical (unpaired) electrons. The molecular weight excluding hydrogens is 407 g/mol. The number of Topliss-reactive ketones (excluding diaryl/α,β-unsaturated/α-hetero) is 1. The molecule has 1 aliphatic rings. The lowest BCUT2D eigenvalue weighted by Gasteiger charge is -2.08. The van der Waals surface area contributed by atoms with Crippen molar-refractivity contribution in [3.8, 4) is 0 Å². The van der Waals surface area contributed by atoms with Crippen LogP contribution in [0.1, 0.15) is 5.56 Å². The van der Waals surface area contributed by atoms with Crippen molar-refractivity contribution in [1.82, 2.24) is 0 Å². The Morgan fingerprint density at radius 3 is 1.89 bits per heavy atom. The van der Waals surface area contributed by atoms with Crippen molar-refractivity contribution in [2.45, 2.75) is 4.90 Å². The van der Waals surface area contributed by atoms with Crippen LogP contribution in [0.4, 0.5) is 0 Å². The van der Waals surface area contributed by atoms with Crippen molar-refractivity contribution in [1.29, 1.82) is 0 Å². The summed E-state index contributed by atoms with van der Waals surface area (Å²) in [6, 6.07) is 16.4. The van der Waals surface area contributed by atoms with E-state index < -0.39 is 15.8 Å². The zero-order chi connectivity index (χ0) is 19.4. The van der Waals surface area contributed by atoms with Gasteiger partial charge in [-0.05, 0) is 24.3 Å². The maximum atomic E-state index is 12.6. The van der Waals surface area contributed by atoms with E-state index in [2.05, 4.69) is 9.39 Å². The monoisotopic (exact) mass is 418 g/mol. The lowest BCUT2D eigenvalue weighted by molar-refractivity contribution is -0.111. The van der Waals surface area contributed by atoms with Gasteiger partial charge in [-0.3, -0.25) is 4.79 Å². The van der Waals surface area contributed by atoms with E-state index in [0.717, 1.165) is 0 Å². The lowest BCUT2D eigenvalue weighted by atomic mass is 10.1. The summed E-state index contributed by atoms with van der Waals surface area (Å²) >= 11 is 11.7. The number of allylic oxidation sites excluding steroid dienone is 4. The number of amidine groups is 1. The number of hydrogen-bond acceptors (Lipinski definition) is 3. The molecular formula is C19H12Cl2N2O3S. The SMILES string of the molecule is O=C1C(Cl)=CC(=NC(=NS(=O)(=O)c2ccccc2)c2ccccc2)C=C1Cl. The van der Waals surface area contributed by atoms with Gasteiger partial charge in [-0.15, -0.1) is 4.40 Å². The van der Waals surface area contributed by atoms with Gasteiger partial charge in [-0.25, -0.2) is 4.99 Å². The van der Waals surface area contributed by atoms with Gasteiger partial charge in [0.05, 0.1) is 20.7 Å². The standard InChI is InChI=1S/C19H12Cl2N2O3S/c20-16-11-14(12-17(21)18(16)24)22-19(13-7-3-1-4-8-13)23-27(25,26)15-9-5-2-6-10-15/h1-12H. The Hall–Kier alpha value is -2.54. The topological polar surface area (TPSA) is 75.9 Å². The van der Waals surface area contributed by atoms with E-state index in [4.69, 9.17) is 23.2 Å². The number of carbonyl (C=O) groups is 1. The summed E-state index contributed by atoms with van der Waals surface area (Å²) in [6.07, 6.45) is 2.62. The van der Waals surface area contributed by atoms with Gasteiger partial charge in [0, 0.05) is 5.56 Å². The third-order valence-electron chi connectivity index (χ3n) is 3.50. The largest absolute Gasteiger partial charge is 0.287 e. The first-order chi connectivity index (χ1) is 12.9. The highest BCUT2D eigenvalue weighted by Gasteiger charge is 2.19. The lowest BCUT2D eigenvalue weighted by Crippen LogP contribution is -2.11. The molecule has 0 aliphatic heterocycles. The molecule has 0 spiro atoms. The molecule has 0 unspecified atom stereocenters. The van der Waals surface area contributed by atoms with E-state index in [1.54, 1.807) is 48.5 Å². The van der Waals surface area contributed by atoms with E-state index in [9.17, 15) is 13.2 Å². The van der Waals surface area contributed by atoms with Gasteiger partial charge in [-0.2, -0.15) is 8.42 Å². The van der Waals surface area contributed by atoms with Crippen LogP contribution < -0.4 is 0 Å². The number of halogens is 2. The van der Waals surface area contributed by atoms with Gasteiger partial charge in [0.1, 0.15) is 0 Å². The Kier molecular flexibility index (Phi) is 5.70. The molecule has 0 aromatic heterocycles. The minimum absolute atomic E-state index is 0.0413. The van der Waals surface area contributed by atoms with Gasteiger partial charge in [-0.1, -0.05) is 71.7 Å². The van der Waals surface area contributed by atoms with E-state index in [1.807, 2.05) is 0 Å². The highest BCUT2D eigenvalue weighted by molar-refractivity contribution is 7.90. The van der Waals surface area contributed by atoms with Crippen molar-refractivity contribution >= 4 is 50.6 Å². The fourth-order valence-corrected chi connectivity index (χ4v) is 3.67. The van der Waals surface area contributed by atoms with Crippen LogP contribution in [-0.2, 0) is 14.8 Å². The molecule has 0 saturated heterocycles. The summed E-state index contributed by atoms with van der Waals surface area (Å²) in [4.78, 5) is 16.0. The molecule has 0 amide bonds. The first-order valence-corrected chi connectivity index (χ1v) is 9.90. The van der Waals surface area contributed by atoms with Gasteiger partial charge in [0.2, 0.25) is 5.78 Å². The zero-order valence-corrected chi connectivity index (χ0v) is 16.0. The smallest absolute Gasteiger partial charge is 0.284 e. The van der Waals surface area contributed by atoms with Crippen LogP contribution in [0, 0.1) is 0 Å². The minimum Gasteiger partial charge on any atom is -0.287 e. The number of aliphatic imine (C=N–C) groups is 1. The van der Waals surface area contributed by atoms with Gasteiger partial charge >= 0.3 is 0 Å². The van der Waals surface area contributed by atoms with Crippen LogP contribution >= 0.6 is 23.2 Å². The quantitative estimate of drug-likeness (QED) is 0.427. The van der Waals surface area contributed by atoms with Crippen molar-refractivity contribution in [3.63, 3.8) is 0 Å². The molecule has 0 saturated carbocycles. The molecule has 3 rings (SSSR count). The second-order valence-corrected chi connectivity index (χ2v) is 7.84. The van der Waals surface area contributed by atoms with E-state index in [1.165, 1.54) is 24.3 Å². The van der Waals surface area contributed by atoms with Crippen LogP contribution in [-0.4, -0.2) is 25.7 Å². The second-order valence-electron chi connectivity index (χ2n) is 5.42. The van der Waals surface area contributed by atoms with Gasteiger partial charge in [0.25, 0.3) is 10.0 Å². The number of sulfonamides is 1. The summed E-state index contributed by atoms with van der Waals surface area (Å²) < 4.78 is 29.2. The predicted octanol–water partition coefficient (Wildman–Crippen LogP) is 4.09. The maximum absolute atomic E-state index is 12.6. The average Bonchev–Trinajstić information content (AvgIpc) is 2.67. The molecule has 0 fully saturated rings. The van der Waals surface area contributed by atoms with E-state index >= 15 is 0 Å². The Labute approximate surface area is 166 Å². The van der Waals surface area contributed by atoms with E-state index in [0.29, 0.717) is 5.56 Å². The first-order valence-electron chi connectivity index (χ1n) is 7.70. The predicted molar refractivity (Wildman–Crippen MR) is 107 cm³/mol. The van der Waals surface area contributed by atoms with Crippen molar-refractivity contribution in [2.24, 2.45) is 9.39 Å². The number of hydrogen-bond donors (Lipinski definition) is 0. The number of rotatable bonds is 3. The number of carbonyl (C=O) groups excluding carboxylic acids is 1. The Morgan fingerprint density at radius 2 is 1.33 bits per heavy atom. The average molecular weight is 419 g/mol. The number of nitrogens with zero attached hydrogens (tertiary/aromatic N) is 2. The normalized spacial score (nSPS) is 15.3. The molecule has 8 heteroatoms. The summed E-state index contributed by atoms with van der Waals surface area (Å²) in [5.74, 6) is -0.572. The summed E-state index contributed by atoms with van der Waals surface area (Å²) in [6.45, 7) is 0. The molecule has 0 bridgehead atoms. The molecule has 27 heavy (non-hydrogen) atoms. The molecule has 2 aromatic rings. The molecule has 5 nitrogen and oxygen atoms in total.